The van der Waals surface area contributed by atoms with Crippen molar-refractivity contribution in [2.45, 2.75) is 0 Å². The largest absolute Gasteiger partial charge is 0.460 e. The van der Waals surface area contributed by atoms with Crippen molar-refractivity contribution in [2.24, 2.45) is 0 Å². The number of rotatable bonds is 5. The van der Waals surface area contributed by atoms with Crippen molar-refractivity contribution < 1.29 is 18.7 Å². The van der Waals surface area contributed by atoms with Gasteiger partial charge in [-0.15, -0.1) is 0 Å². The van der Waals surface area contributed by atoms with Crippen LogP contribution >= 0.6 is 0 Å². The van der Waals surface area contributed by atoms with E-state index < -0.39 is 5.97 Å². The molecule has 0 N–H and O–H groups in total. The molecule has 0 fully saturated rings. The van der Waals surface area contributed by atoms with Gasteiger partial charge in [0.05, 0.1) is 10.9 Å². The van der Waals surface area contributed by atoms with Crippen molar-refractivity contribution in [2.75, 3.05) is 0 Å². The maximum atomic E-state index is 12.9. The quantitative estimate of drug-likeness (QED) is 0.234. The first-order valence-corrected chi connectivity index (χ1v) is 10.3. The molecule has 0 aliphatic carbocycles. The molecule has 5 heteroatoms. The molecule has 0 atom stereocenters. The van der Waals surface area contributed by atoms with Gasteiger partial charge in [-0.1, -0.05) is 60.7 Å². The van der Waals surface area contributed by atoms with Gasteiger partial charge in [0.15, 0.2) is 0 Å². The molecule has 0 spiro atoms. The van der Waals surface area contributed by atoms with Crippen LogP contribution in [0, 0.1) is 0 Å². The number of carbonyl (C=O) groups is 1. The van der Waals surface area contributed by atoms with Crippen molar-refractivity contribution in [1.82, 2.24) is 0 Å². The molecule has 0 radical (unpaired) electrons. The molecule has 0 amide bonds. The Morgan fingerprint density at radius 3 is 2.06 bits per heavy atom. The van der Waals surface area contributed by atoms with E-state index in [1.807, 2.05) is 48.5 Å². The lowest BCUT2D eigenvalue weighted by molar-refractivity contribution is 0.0735. The second-order valence-electron chi connectivity index (χ2n) is 7.34. The predicted octanol–water partition coefficient (Wildman–Crippen LogP) is 6.47. The smallest absolute Gasteiger partial charge is 0.343 e. The summed E-state index contributed by atoms with van der Waals surface area (Å²) in [5.41, 5.74) is 2.56. The number of esters is 1. The number of fused-ring (bicyclic) bond motifs is 1. The molecule has 1 heterocycles. The van der Waals surface area contributed by atoms with Crippen LogP contribution in [0.3, 0.4) is 0 Å². The molecule has 5 nitrogen and oxygen atoms in total. The number of benzene rings is 4. The molecule has 5 rings (SSSR count). The first-order valence-electron chi connectivity index (χ1n) is 10.3. The van der Waals surface area contributed by atoms with Crippen molar-refractivity contribution in [1.29, 1.82) is 0 Å². The van der Waals surface area contributed by atoms with Crippen molar-refractivity contribution in [3.8, 4) is 28.4 Å². The molecule has 0 unspecified atom stereocenters. The van der Waals surface area contributed by atoms with E-state index in [0.717, 1.165) is 11.1 Å². The molecule has 160 valence electrons. The Morgan fingerprint density at radius 1 is 0.697 bits per heavy atom. The van der Waals surface area contributed by atoms with E-state index in [1.54, 1.807) is 48.5 Å². The molecule has 0 aliphatic heterocycles. The minimum atomic E-state index is -0.490. The van der Waals surface area contributed by atoms with Gasteiger partial charge in [-0.3, -0.25) is 4.79 Å². The fraction of sp³-hybridized carbons (Fsp3) is 0. The third-order valence-electron chi connectivity index (χ3n) is 5.12. The SMILES string of the molecule is O=C(Oc1ccc2c(=O)c(Oc3ccc(-c4ccccc4)cc3)coc2c1)c1ccccc1. The Hall–Kier alpha value is -4.64. The van der Waals surface area contributed by atoms with Gasteiger partial charge < -0.3 is 13.9 Å². The summed E-state index contributed by atoms with van der Waals surface area (Å²) in [6.07, 6.45) is 1.26. The van der Waals surface area contributed by atoms with E-state index in [2.05, 4.69) is 0 Å². The topological polar surface area (TPSA) is 65.7 Å². The molecule has 0 bridgehead atoms. The highest BCUT2D eigenvalue weighted by atomic mass is 16.5. The normalized spacial score (nSPS) is 10.7. The van der Waals surface area contributed by atoms with Gasteiger partial charge in [0.2, 0.25) is 11.2 Å². The maximum absolute atomic E-state index is 12.9. The van der Waals surface area contributed by atoms with Crippen LogP contribution < -0.4 is 14.9 Å². The number of ether oxygens (including phenoxy) is 2. The van der Waals surface area contributed by atoms with Crippen LogP contribution in [0.15, 0.2) is 119 Å². The highest BCUT2D eigenvalue weighted by molar-refractivity contribution is 5.91. The highest BCUT2D eigenvalue weighted by Gasteiger charge is 2.13. The summed E-state index contributed by atoms with van der Waals surface area (Å²) in [5, 5.41) is 0.327. The first kappa shape index (κ1) is 20.3. The number of hydrogen-bond acceptors (Lipinski definition) is 5. The Balaban J connectivity index is 1.36. The van der Waals surface area contributed by atoms with Gasteiger partial charge >= 0.3 is 5.97 Å². The minimum absolute atomic E-state index is 0.0731. The summed E-state index contributed by atoms with van der Waals surface area (Å²) in [5.74, 6) is 0.389. The van der Waals surface area contributed by atoms with E-state index in [4.69, 9.17) is 13.9 Å². The monoisotopic (exact) mass is 434 g/mol. The van der Waals surface area contributed by atoms with Crippen LogP contribution in [0.1, 0.15) is 10.4 Å². The standard InChI is InChI=1S/C28H18O5/c29-27-24-16-15-23(33-28(30)21-9-5-2-6-10-21)17-25(24)31-18-26(27)32-22-13-11-20(12-14-22)19-7-3-1-4-8-19/h1-18H. The lowest BCUT2D eigenvalue weighted by Gasteiger charge is -2.08. The number of carbonyl (C=O) groups excluding carboxylic acids is 1. The zero-order valence-corrected chi connectivity index (χ0v) is 17.4. The van der Waals surface area contributed by atoms with Crippen LogP contribution in [0.4, 0.5) is 0 Å². The van der Waals surface area contributed by atoms with E-state index in [1.165, 1.54) is 12.3 Å². The summed E-state index contributed by atoms with van der Waals surface area (Å²) in [6.45, 7) is 0. The Morgan fingerprint density at radius 2 is 1.33 bits per heavy atom. The molecule has 0 saturated carbocycles. The van der Waals surface area contributed by atoms with Crippen LogP contribution in [0.5, 0.6) is 17.2 Å². The third-order valence-corrected chi connectivity index (χ3v) is 5.12. The van der Waals surface area contributed by atoms with Gasteiger partial charge in [-0.25, -0.2) is 4.79 Å². The van der Waals surface area contributed by atoms with Crippen LogP contribution in [0.25, 0.3) is 22.1 Å². The van der Waals surface area contributed by atoms with Crippen molar-refractivity contribution >= 4 is 16.9 Å². The van der Waals surface area contributed by atoms with Crippen LogP contribution in [-0.4, -0.2) is 5.97 Å². The van der Waals surface area contributed by atoms with E-state index in [0.29, 0.717) is 22.3 Å². The molecule has 0 saturated heterocycles. The summed E-state index contributed by atoms with van der Waals surface area (Å²) >= 11 is 0. The molecular formula is C28H18O5. The molecule has 4 aromatic carbocycles. The third kappa shape index (κ3) is 4.38. The van der Waals surface area contributed by atoms with E-state index in [9.17, 15) is 9.59 Å². The van der Waals surface area contributed by atoms with E-state index >= 15 is 0 Å². The van der Waals surface area contributed by atoms with E-state index in [-0.39, 0.29) is 16.9 Å². The fourth-order valence-corrected chi connectivity index (χ4v) is 3.44. The minimum Gasteiger partial charge on any atom is -0.460 e. The average Bonchev–Trinajstić information content (AvgIpc) is 2.87. The fourth-order valence-electron chi connectivity index (χ4n) is 3.44. The van der Waals surface area contributed by atoms with Crippen molar-refractivity contribution in [3.63, 3.8) is 0 Å². The second kappa shape index (κ2) is 8.85. The average molecular weight is 434 g/mol. The van der Waals surface area contributed by atoms with Crippen molar-refractivity contribution in [3.05, 3.63) is 125 Å². The molecule has 33 heavy (non-hydrogen) atoms. The molecule has 1 aromatic heterocycles. The Bertz CT molecular complexity index is 1470. The maximum Gasteiger partial charge on any atom is 0.343 e. The molecule has 5 aromatic rings. The van der Waals surface area contributed by atoms with Gasteiger partial charge in [0, 0.05) is 6.07 Å². The first-order chi connectivity index (χ1) is 16.2. The molecular weight excluding hydrogens is 416 g/mol. The summed E-state index contributed by atoms with van der Waals surface area (Å²) in [7, 11) is 0. The zero-order chi connectivity index (χ0) is 22.6. The lowest BCUT2D eigenvalue weighted by Crippen LogP contribution is -2.09. The Labute approximate surface area is 189 Å². The highest BCUT2D eigenvalue weighted by Crippen LogP contribution is 2.27. The second-order valence-corrected chi connectivity index (χ2v) is 7.34. The van der Waals surface area contributed by atoms with Gasteiger partial charge in [0.1, 0.15) is 23.3 Å². The Kier molecular flexibility index (Phi) is 5.43. The van der Waals surface area contributed by atoms with Crippen LogP contribution in [-0.2, 0) is 0 Å². The number of hydrogen-bond donors (Lipinski definition) is 0. The summed E-state index contributed by atoms with van der Waals surface area (Å²) in [6, 6.07) is 30.7. The summed E-state index contributed by atoms with van der Waals surface area (Å²) in [4.78, 5) is 25.1. The lowest BCUT2D eigenvalue weighted by atomic mass is 10.1. The van der Waals surface area contributed by atoms with Gasteiger partial charge in [-0.05, 0) is 47.5 Å². The van der Waals surface area contributed by atoms with Gasteiger partial charge in [-0.2, -0.15) is 0 Å². The molecule has 0 aliphatic rings. The summed E-state index contributed by atoms with van der Waals surface area (Å²) < 4.78 is 16.8. The predicted molar refractivity (Wildman–Crippen MR) is 126 cm³/mol. The van der Waals surface area contributed by atoms with Gasteiger partial charge in [0.25, 0.3) is 0 Å². The zero-order valence-electron chi connectivity index (χ0n) is 17.4. The van der Waals surface area contributed by atoms with Crippen LogP contribution in [0.2, 0.25) is 0 Å².